The number of carbonyl (C=O) groups excluding carboxylic acids is 1. The number of nitrogens with one attached hydrogen (secondary N) is 2. The monoisotopic (exact) mass is 540 g/mol. The van der Waals surface area contributed by atoms with Gasteiger partial charge >= 0.3 is 0 Å². The van der Waals surface area contributed by atoms with Gasteiger partial charge in [0.1, 0.15) is 5.75 Å². The second-order valence-electron chi connectivity index (χ2n) is 7.02. The number of rotatable bonds is 8. The van der Waals surface area contributed by atoms with Crippen LogP contribution in [0, 0.1) is 0 Å². The Balaban J connectivity index is 0.00000341. The molecule has 2 aromatic rings. The number of amides is 1. The minimum atomic E-state index is -0.0252. The number of methoxy groups -OCH3 is 1. The first-order valence-corrected chi connectivity index (χ1v) is 9.79. The lowest BCUT2D eigenvalue weighted by molar-refractivity contribution is -0.127. The van der Waals surface area contributed by atoms with Crippen LogP contribution >= 0.6 is 24.0 Å². The summed E-state index contributed by atoms with van der Waals surface area (Å²) in [6, 6.07) is 13.7. The second kappa shape index (κ2) is 12.2. The predicted molar refractivity (Wildman–Crippen MR) is 131 cm³/mol. The summed E-state index contributed by atoms with van der Waals surface area (Å²) < 4.78 is 16.0. The molecule has 0 radical (unpaired) electrons. The molecule has 0 saturated carbocycles. The molecule has 0 saturated heterocycles. The number of hydrogen-bond acceptors (Lipinski definition) is 5. The third-order valence-corrected chi connectivity index (χ3v) is 4.63. The Labute approximate surface area is 200 Å². The van der Waals surface area contributed by atoms with Gasteiger partial charge in [0.2, 0.25) is 12.7 Å². The van der Waals surface area contributed by atoms with Gasteiger partial charge in [0.15, 0.2) is 17.5 Å². The highest BCUT2D eigenvalue weighted by molar-refractivity contribution is 14.0. The fourth-order valence-electron chi connectivity index (χ4n) is 2.82. The Morgan fingerprint density at radius 2 is 1.77 bits per heavy atom. The van der Waals surface area contributed by atoms with E-state index >= 15 is 0 Å². The molecule has 0 aliphatic carbocycles. The number of benzene rings is 2. The van der Waals surface area contributed by atoms with Gasteiger partial charge in [-0.2, -0.15) is 0 Å². The van der Waals surface area contributed by atoms with Crippen molar-refractivity contribution in [1.29, 1.82) is 0 Å². The molecule has 8 nitrogen and oxygen atoms in total. The van der Waals surface area contributed by atoms with E-state index in [1.54, 1.807) is 26.1 Å². The van der Waals surface area contributed by atoms with Crippen LogP contribution in [0.15, 0.2) is 47.5 Å². The quantitative estimate of drug-likeness (QED) is 0.304. The molecule has 168 valence electrons. The molecule has 2 N–H and O–H groups in total. The lowest BCUT2D eigenvalue weighted by Crippen LogP contribution is -2.43. The Bertz CT molecular complexity index is 888. The van der Waals surface area contributed by atoms with Gasteiger partial charge in [-0.1, -0.05) is 18.2 Å². The number of halogens is 1. The third-order valence-electron chi connectivity index (χ3n) is 4.63. The summed E-state index contributed by atoms with van der Waals surface area (Å²) in [7, 11) is 5.11. The Morgan fingerprint density at radius 3 is 2.48 bits per heavy atom. The van der Waals surface area contributed by atoms with E-state index in [0.717, 1.165) is 29.2 Å². The minimum absolute atomic E-state index is 0. The normalized spacial score (nSPS) is 12.0. The third kappa shape index (κ3) is 7.50. The van der Waals surface area contributed by atoms with Crippen LogP contribution in [0.1, 0.15) is 11.1 Å². The number of likely N-dealkylation sites (N-methyl/N-ethyl adjacent to an activating group) is 1. The first-order chi connectivity index (χ1) is 14.5. The number of ether oxygens (including phenoxy) is 3. The van der Waals surface area contributed by atoms with Crippen LogP contribution < -0.4 is 24.8 Å². The molecule has 9 heteroatoms. The van der Waals surface area contributed by atoms with Crippen molar-refractivity contribution in [3.8, 4) is 17.2 Å². The number of hydrogen-bond donors (Lipinski definition) is 2. The van der Waals surface area contributed by atoms with E-state index in [1.807, 2.05) is 42.5 Å². The van der Waals surface area contributed by atoms with Gasteiger partial charge in [0, 0.05) is 20.6 Å². The summed E-state index contributed by atoms with van der Waals surface area (Å²) >= 11 is 0. The van der Waals surface area contributed by atoms with Crippen molar-refractivity contribution < 1.29 is 19.0 Å². The maximum Gasteiger partial charge on any atom is 0.241 e. The van der Waals surface area contributed by atoms with E-state index in [2.05, 4.69) is 15.6 Å². The summed E-state index contributed by atoms with van der Waals surface area (Å²) in [5.74, 6) is 2.86. The van der Waals surface area contributed by atoms with Gasteiger partial charge in [0.05, 0.1) is 20.2 Å². The minimum Gasteiger partial charge on any atom is -0.497 e. The number of guanidine groups is 1. The Hall–Kier alpha value is -2.69. The predicted octanol–water partition coefficient (Wildman–Crippen LogP) is 2.41. The van der Waals surface area contributed by atoms with Gasteiger partial charge in [0.25, 0.3) is 0 Å². The maximum absolute atomic E-state index is 11.9. The molecule has 0 bridgehead atoms. The molecule has 0 atom stereocenters. The SMILES string of the molecule is COc1ccc(CCNC(=NCc2ccc3c(c2)OCO3)NCC(=O)N(C)C)cc1.I. The maximum atomic E-state index is 11.9. The van der Waals surface area contributed by atoms with Crippen LogP contribution in [-0.4, -0.2) is 57.9 Å². The fourth-order valence-corrected chi connectivity index (χ4v) is 2.82. The van der Waals surface area contributed by atoms with E-state index in [-0.39, 0.29) is 43.2 Å². The standard InChI is InChI=1S/C22H28N4O4.HI/c1-26(2)21(27)14-25-22(23-11-10-16-4-7-18(28-3)8-5-16)24-13-17-6-9-19-20(12-17)30-15-29-19;/h4-9,12H,10-11,13-15H2,1-3H3,(H2,23,24,25);1H. The number of fused-ring (bicyclic) bond motifs is 1. The number of nitrogens with zero attached hydrogens (tertiary/aromatic N) is 2. The summed E-state index contributed by atoms with van der Waals surface area (Å²) in [4.78, 5) is 18.1. The van der Waals surface area contributed by atoms with E-state index in [1.165, 1.54) is 5.56 Å². The number of carbonyl (C=O) groups is 1. The van der Waals surface area contributed by atoms with Crippen molar-refractivity contribution in [3.05, 3.63) is 53.6 Å². The highest BCUT2D eigenvalue weighted by Crippen LogP contribution is 2.32. The molecule has 0 spiro atoms. The van der Waals surface area contributed by atoms with E-state index in [9.17, 15) is 4.79 Å². The Morgan fingerprint density at radius 1 is 1.06 bits per heavy atom. The first kappa shape index (κ1) is 24.6. The zero-order valence-corrected chi connectivity index (χ0v) is 20.3. The summed E-state index contributed by atoms with van der Waals surface area (Å²) in [5, 5.41) is 6.39. The smallest absolute Gasteiger partial charge is 0.241 e. The molecule has 1 amide bonds. The Kier molecular flexibility index (Phi) is 9.70. The molecular formula is C22H29IN4O4. The van der Waals surface area contributed by atoms with E-state index in [0.29, 0.717) is 19.0 Å². The molecule has 3 rings (SSSR count). The molecule has 1 aliphatic heterocycles. The van der Waals surface area contributed by atoms with Gasteiger partial charge in [-0.25, -0.2) is 4.99 Å². The van der Waals surface area contributed by atoms with Crippen LogP contribution in [0.2, 0.25) is 0 Å². The molecule has 1 aliphatic rings. The van der Waals surface area contributed by atoms with Crippen LogP contribution in [0.4, 0.5) is 0 Å². The van der Waals surface area contributed by atoms with Gasteiger partial charge in [-0.05, 0) is 41.8 Å². The zero-order valence-electron chi connectivity index (χ0n) is 18.0. The summed E-state index contributed by atoms with van der Waals surface area (Å²) in [6.07, 6.45) is 0.816. The summed E-state index contributed by atoms with van der Waals surface area (Å²) in [6.45, 7) is 1.54. The van der Waals surface area contributed by atoms with Crippen LogP contribution in [0.5, 0.6) is 17.2 Å². The highest BCUT2D eigenvalue weighted by Gasteiger charge is 2.13. The molecule has 0 aromatic heterocycles. The average Bonchev–Trinajstić information content (AvgIpc) is 3.23. The number of aliphatic imine (C=N–C) groups is 1. The molecule has 31 heavy (non-hydrogen) atoms. The molecule has 2 aromatic carbocycles. The van der Waals surface area contributed by atoms with Crippen molar-refractivity contribution in [2.75, 3.05) is 41.1 Å². The molecule has 0 unspecified atom stereocenters. The molecular weight excluding hydrogens is 511 g/mol. The van der Waals surface area contributed by atoms with E-state index < -0.39 is 0 Å². The zero-order chi connectivity index (χ0) is 21.3. The first-order valence-electron chi connectivity index (χ1n) is 9.79. The van der Waals surface area contributed by atoms with Crippen molar-refractivity contribution in [2.24, 2.45) is 4.99 Å². The lowest BCUT2D eigenvalue weighted by Gasteiger charge is -2.15. The van der Waals surface area contributed by atoms with Crippen LogP contribution in [0.25, 0.3) is 0 Å². The van der Waals surface area contributed by atoms with Gasteiger partial charge < -0.3 is 29.7 Å². The van der Waals surface area contributed by atoms with Crippen molar-refractivity contribution in [3.63, 3.8) is 0 Å². The topological polar surface area (TPSA) is 84.4 Å². The van der Waals surface area contributed by atoms with Crippen molar-refractivity contribution in [2.45, 2.75) is 13.0 Å². The highest BCUT2D eigenvalue weighted by atomic mass is 127. The van der Waals surface area contributed by atoms with Crippen LogP contribution in [-0.2, 0) is 17.8 Å². The largest absolute Gasteiger partial charge is 0.497 e. The molecule has 1 heterocycles. The van der Waals surface area contributed by atoms with Crippen molar-refractivity contribution in [1.82, 2.24) is 15.5 Å². The average molecular weight is 540 g/mol. The van der Waals surface area contributed by atoms with Crippen LogP contribution in [0.3, 0.4) is 0 Å². The van der Waals surface area contributed by atoms with Gasteiger partial charge in [-0.3, -0.25) is 4.79 Å². The summed E-state index contributed by atoms with van der Waals surface area (Å²) in [5.41, 5.74) is 2.18. The molecule has 0 fully saturated rings. The fraction of sp³-hybridized carbons (Fsp3) is 0.364. The van der Waals surface area contributed by atoms with E-state index in [4.69, 9.17) is 14.2 Å². The lowest BCUT2D eigenvalue weighted by atomic mass is 10.1. The van der Waals surface area contributed by atoms with Gasteiger partial charge in [-0.15, -0.1) is 24.0 Å². The second-order valence-corrected chi connectivity index (χ2v) is 7.02. The van der Waals surface area contributed by atoms with Crippen molar-refractivity contribution >= 4 is 35.8 Å².